The maximum absolute atomic E-state index is 12.1. The quantitative estimate of drug-likeness (QED) is 0.677. The molecule has 0 fully saturated rings. The number of ether oxygens (including phenoxy) is 1. The molecule has 2 N–H and O–H groups in total. The van der Waals surface area contributed by atoms with E-state index in [1.807, 2.05) is 55.5 Å². The lowest BCUT2D eigenvalue weighted by Crippen LogP contribution is -2.34. The highest BCUT2D eigenvalue weighted by atomic mass is 32.1. The van der Waals surface area contributed by atoms with Crippen LogP contribution in [-0.2, 0) is 24.4 Å². The number of carbonyl (C=O) groups excluding carboxylic acids is 1. The SMILES string of the molecule is CCOCc1ccccc1CNC(=O)NCc1nc2ccccc2s1. The second-order valence-corrected chi connectivity index (χ2v) is 6.63. The Morgan fingerprint density at radius 1 is 1.04 bits per heavy atom. The molecule has 25 heavy (non-hydrogen) atoms. The Bertz CT molecular complexity index is 814. The highest BCUT2D eigenvalue weighted by molar-refractivity contribution is 7.18. The molecular formula is C19H21N3O2S. The number of para-hydroxylation sites is 1. The monoisotopic (exact) mass is 355 g/mol. The number of thiazole rings is 1. The van der Waals surface area contributed by atoms with Crippen LogP contribution in [0.4, 0.5) is 4.79 Å². The Morgan fingerprint density at radius 2 is 1.76 bits per heavy atom. The van der Waals surface area contributed by atoms with Crippen molar-refractivity contribution in [3.05, 3.63) is 64.7 Å². The highest BCUT2D eigenvalue weighted by Crippen LogP contribution is 2.21. The number of carbonyl (C=O) groups is 1. The van der Waals surface area contributed by atoms with Crippen molar-refractivity contribution in [2.45, 2.75) is 26.6 Å². The van der Waals surface area contributed by atoms with Crippen LogP contribution in [0.15, 0.2) is 48.5 Å². The average molecular weight is 355 g/mol. The molecule has 0 aliphatic carbocycles. The zero-order valence-corrected chi connectivity index (χ0v) is 14.9. The van der Waals surface area contributed by atoms with Crippen LogP contribution < -0.4 is 10.6 Å². The van der Waals surface area contributed by atoms with E-state index in [4.69, 9.17) is 4.74 Å². The second-order valence-electron chi connectivity index (χ2n) is 5.52. The molecule has 6 heteroatoms. The number of rotatable bonds is 7. The maximum atomic E-state index is 12.1. The topological polar surface area (TPSA) is 63.2 Å². The minimum atomic E-state index is -0.203. The number of nitrogens with zero attached hydrogens (tertiary/aromatic N) is 1. The van der Waals surface area contributed by atoms with Gasteiger partial charge in [0.25, 0.3) is 0 Å². The Labute approximate surface area is 151 Å². The summed E-state index contributed by atoms with van der Waals surface area (Å²) in [6.45, 7) is 4.09. The molecule has 0 atom stereocenters. The van der Waals surface area contributed by atoms with Crippen molar-refractivity contribution in [3.63, 3.8) is 0 Å². The fourth-order valence-corrected chi connectivity index (χ4v) is 3.38. The first-order valence-electron chi connectivity index (χ1n) is 8.27. The first kappa shape index (κ1) is 17.4. The van der Waals surface area contributed by atoms with E-state index < -0.39 is 0 Å². The molecule has 3 aromatic rings. The van der Waals surface area contributed by atoms with Crippen molar-refractivity contribution in [1.29, 1.82) is 0 Å². The number of nitrogens with one attached hydrogen (secondary N) is 2. The van der Waals surface area contributed by atoms with Crippen LogP contribution in [0.3, 0.4) is 0 Å². The van der Waals surface area contributed by atoms with Crippen molar-refractivity contribution >= 4 is 27.6 Å². The lowest BCUT2D eigenvalue weighted by molar-refractivity contribution is 0.133. The van der Waals surface area contributed by atoms with Crippen LogP contribution >= 0.6 is 11.3 Å². The fraction of sp³-hybridized carbons (Fsp3) is 0.263. The molecule has 0 unspecified atom stereocenters. The summed E-state index contributed by atoms with van der Waals surface area (Å²) >= 11 is 1.60. The summed E-state index contributed by atoms with van der Waals surface area (Å²) in [6, 6.07) is 15.7. The van der Waals surface area contributed by atoms with E-state index in [1.165, 1.54) is 0 Å². The third kappa shape index (κ3) is 4.78. The van der Waals surface area contributed by atoms with Gasteiger partial charge in [-0.25, -0.2) is 9.78 Å². The molecule has 1 heterocycles. The van der Waals surface area contributed by atoms with E-state index >= 15 is 0 Å². The zero-order valence-electron chi connectivity index (χ0n) is 14.1. The van der Waals surface area contributed by atoms with Gasteiger partial charge < -0.3 is 15.4 Å². The molecule has 0 radical (unpaired) electrons. The van der Waals surface area contributed by atoms with Gasteiger partial charge in [0.15, 0.2) is 0 Å². The van der Waals surface area contributed by atoms with Gasteiger partial charge in [-0.2, -0.15) is 0 Å². The number of fused-ring (bicyclic) bond motifs is 1. The summed E-state index contributed by atoms with van der Waals surface area (Å²) in [5, 5.41) is 6.65. The van der Waals surface area contributed by atoms with Gasteiger partial charge in [0.2, 0.25) is 0 Å². The average Bonchev–Trinajstić information content (AvgIpc) is 3.06. The van der Waals surface area contributed by atoms with E-state index in [2.05, 4.69) is 15.6 Å². The third-order valence-corrected chi connectivity index (χ3v) is 4.79. The van der Waals surface area contributed by atoms with Crippen molar-refractivity contribution in [2.24, 2.45) is 0 Å². The van der Waals surface area contributed by atoms with Gasteiger partial charge in [-0.3, -0.25) is 0 Å². The zero-order chi connectivity index (χ0) is 17.5. The van der Waals surface area contributed by atoms with Crippen LogP contribution in [0.2, 0.25) is 0 Å². The second kappa shape index (κ2) is 8.60. The lowest BCUT2D eigenvalue weighted by Gasteiger charge is -2.11. The standard InChI is InChI=1S/C19H21N3O2S/c1-2-24-13-15-8-4-3-7-14(15)11-20-19(23)21-12-18-22-16-9-5-6-10-17(16)25-18/h3-10H,2,11-13H2,1H3,(H2,20,21,23). The minimum Gasteiger partial charge on any atom is -0.377 e. The summed E-state index contributed by atoms with van der Waals surface area (Å²) in [4.78, 5) is 16.6. The van der Waals surface area contributed by atoms with Crippen LogP contribution in [-0.4, -0.2) is 17.6 Å². The summed E-state index contributed by atoms with van der Waals surface area (Å²) < 4.78 is 6.60. The predicted molar refractivity (Wildman–Crippen MR) is 100 cm³/mol. The minimum absolute atomic E-state index is 0.203. The van der Waals surface area contributed by atoms with E-state index in [0.717, 1.165) is 26.4 Å². The molecule has 2 aromatic carbocycles. The predicted octanol–water partition coefficient (Wildman–Crippen LogP) is 3.83. The number of benzene rings is 2. The van der Waals surface area contributed by atoms with Gasteiger partial charge in [-0.1, -0.05) is 36.4 Å². The van der Waals surface area contributed by atoms with Crippen LogP contribution in [0.25, 0.3) is 10.2 Å². The van der Waals surface area contributed by atoms with E-state index in [0.29, 0.717) is 26.3 Å². The molecule has 2 amide bonds. The van der Waals surface area contributed by atoms with E-state index in [-0.39, 0.29) is 6.03 Å². The van der Waals surface area contributed by atoms with Gasteiger partial charge in [0, 0.05) is 13.2 Å². The van der Waals surface area contributed by atoms with Crippen molar-refractivity contribution in [1.82, 2.24) is 15.6 Å². The first-order valence-corrected chi connectivity index (χ1v) is 9.08. The molecular weight excluding hydrogens is 334 g/mol. The van der Waals surface area contributed by atoms with Crippen LogP contribution in [0, 0.1) is 0 Å². The molecule has 5 nitrogen and oxygen atoms in total. The van der Waals surface area contributed by atoms with Crippen molar-refractivity contribution in [3.8, 4) is 0 Å². The van der Waals surface area contributed by atoms with Crippen LogP contribution in [0.1, 0.15) is 23.1 Å². The third-order valence-electron chi connectivity index (χ3n) is 3.76. The molecule has 130 valence electrons. The van der Waals surface area contributed by atoms with Gasteiger partial charge >= 0.3 is 6.03 Å². The maximum Gasteiger partial charge on any atom is 0.315 e. The van der Waals surface area contributed by atoms with Gasteiger partial charge in [-0.15, -0.1) is 11.3 Å². The molecule has 0 spiro atoms. The highest BCUT2D eigenvalue weighted by Gasteiger charge is 2.07. The van der Waals surface area contributed by atoms with Crippen molar-refractivity contribution < 1.29 is 9.53 Å². The molecule has 0 aliphatic heterocycles. The van der Waals surface area contributed by atoms with Crippen LogP contribution in [0.5, 0.6) is 0 Å². The first-order chi connectivity index (χ1) is 12.3. The molecule has 0 aliphatic rings. The van der Waals surface area contributed by atoms with Gasteiger partial charge in [-0.05, 0) is 30.2 Å². The Kier molecular flexibility index (Phi) is 5.98. The Hall–Kier alpha value is -2.44. The number of urea groups is 1. The lowest BCUT2D eigenvalue weighted by atomic mass is 10.1. The molecule has 0 saturated carbocycles. The van der Waals surface area contributed by atoms with E-state index in [1.54, 1.807) is 11.3 Å². The fourth-order valence-electron chi connectivity index (χ4n) is 2.47. The molecule has 0 bridgehead atoms. The Balaban J connectivity index is 1.51. The summed E-state index contributed by atoms with van der Waals surface area (Å²) in [5.74, 6) is 0. The summed E-state index contributed by atoms with van der Waals surface area (Å²) in [7, 11) is 0. The van der Waals surface area contributed by atoms with Crippen molar-refractivity contribution in [2.75, 3.05) is 6.61 Å². The van der Waals surface area contributed by atoms with Gasteiger partial charge in [0.1, 0.15) is 5.01 Å². The number of amides is 2. The Morgan fingerprint density at radius 3 is 2.56 bits per heavy atom. The van der Waals surface area contributed by atoms with Gasteiger partial charge in [0.05, 0.1) is 23.4 Å². The molecule has 1 aromatic heterocycles. The smallest absolute Gasteiger partial charge is 0.315 e. The molecule has 3 rings (SSSR count). The summed E-state index contributed by atoms with van der Waals surface area (Å²) in [6.07, 6.45) is 0. The largest absolute Gasteiger partial charge is 0.377 e. The summed E-state index contributed by atoms with van der Waals surface area (Å²) in [5.41, 5.74) is 3.12. The molecule has 0 saturated heterocycles. The number of hydrogen-bond donors (Lipinski definition) is 2. The number of hydrogen-bond acceptors (Lipinski definition) is 4. The number of aromatic nitrogens is 1. The normalized spacial score (nSPS) is 10.8. The van der Waals surface area contributed by atoms with E-state index in [9.17, 15) is 4.79 Å².